The molecule has 0 fully saturated rings. The van der Waals surface area contributed by atoms with Crippen molar-refractivity contribution in [3.63, 3.8) is 0 Å². The fourth-order valence-corrected chi connectivity index (χ4v) is 1.65. The molecular formula is C10H19N3. The smallest absolute Gasteiger partial charge is 0.0951 e. The van der Waals surface area contributed by atoms with E-state index < -0.39 is 0 Å². The van der Waals surface area contributed by atoms with E-state index in [9.17, 15) is 0 Å². The summed E-state index contributed by atoms with van der Waals surface area (Å²) in [5.74, 6) is 0. The molecule has 0 spiro atoms. The van der Waals surface area contributed by atoms with Crippen LogP contribution in [0.15, 0.2) is 12.5 Å². The van der Waals surface area contributed by atoms with Crippen molar-refractivity contribution in [1.82, 2.24) is 9.55 Å². The summed E-state index contributed by atoms with van der Waals surface area (Å²) in [7, 11) is 0. The number of imidazole rings is 1. The third-order valence-electron chi connectivity index (χ3n) is 2.50. The van der Waals surface area contributed by atoms with Crippen molar-refractivity contribution in [2.24, 2.45) is 5.73 Å². The molecule has 1 unspecified atom stereocenters. The van der Waals surface area contributed by atoms with Crippen LogP contribution < -0.4 is 5.73 Å². The molecule has 0 amide bonds. The highest BCUT2D eigenvalue weighted by Gasteiger charge is 2.12. The zero-order valence-electron chi connectivity index (χ0n) is 8.70. The van der Waals surface area contributed by atoms with Crippen LogP contribution in [0.5, 0.6) is 0 Å². The average Bonchev–Trinajstić information content (AvgIpc) is 2.55. The first-order valence-corrected chi connectivity index (χ1v) is 4.98. The first-order chi connectivity index (χ1) is 6.20. The Labute approximate surface area is 80.0 Å². The molecule has 0 aromatic carbocycles. The Hall–Kier alpha value is -0.830. The van der Waals surface area contributed by atoms with Crippen molar-refractivity contribution in [1.29, 1.82) is 0 Å². The maximum atomic E-state index is 5.85. The van der Waals surface area contributed by atoms with E-state index in [4.69, 9.17) is 5.73 Å². The fourth-order valence-electron chi connectivity index (χ4n) is 1.65. The van der Waals surface area contributed by atoms with Crippen molar-refractivity contribution in [3.8, 4) is 0 Å². The van der Waals surface area contributed by atoms with Crippen LogP contribution in [-0.2, 0) is 0 Å². The summed E-state index contributed by atoms with van der Waals surface area (Å²) in [6.45, 7) is 6.38. The molecule has 0 aliphatic heterocycles. The van der Waals surface area contributed by atoms with Gasteiger partial charge in [0, 0.05) is 18.3 Å². The number of hydrogen-bond acceptors (Lipinski definition) is 2. The number of nitrogens with two attached hydrogens (primary N) is 1. The Morgan fingerprint density at radius 1 is 1.46 bits per heavy atom. The minimum absolute atomic E-state index is 0.0723. The molecule has 1 aromatic rings. The molecule has 0 saturated carbocycles. The molecule has 0 aliphatic rings. The van der Waals surface area contributed by atoms with E-state index in [1.165, 1.54) is 0 Å². The second-order valence-electron chi connectivity index (χ2n) is 3.48. The molecule has 1 rings (SSSR count). The van der Waals surface area contributed by atoms with E-state index in [2.05, 4.69) is 23.4 Å². The molecule has 1 atom stereocenters. The maximum absolute atomic E-state index is 5.85. The first-order valence-electron chi connectivity index (χ1n) is 4.98. The van der Waals surface area contributed by atoms with Gasteiger partial charge in [-0.2, -0.15) is 0 Å². The number of nitrogens with zero attached hydrogens (tertiary/aromatic N) is 2. The van der Waals surface area contributed by atoms with E-state index in [0.717, 1.165) is 18.5 Å². The minimum atomic E-state index is 0.0723. The predicted octanol–water partition coefficient (Wildman–Crippen LogP) is 2.26. The zero-order valence-corrected chi connectivity index (χ0v) is 8.70. The highest BCUT2D eigenvalue weighted by atomic mass is 15.1. The second-order valence-corrected chi connectivity index (χ2v) is 3.48. The second kappa shape index (κ2) is 4.42. The van der Waals surface area contributed by atoms with Gasteiger partial charge in [0.15, 0.2) is 0 Å². The van der Waals surface area contributed by atoms with E-state index >= 15 is 0 Å². The SMILES string of the molecule is CCC(CC)n1cncc1C(C)N. The Morgan fingerprint density at radius 3 is 2.54 bits per heavy atom. The highest BCUT2D eigenvalue weighted by molar-refractivity contribution is 5.04. The lowest BCUT2D eigenvalue weighted by Gasteiger charge is -2.19. The van der Waals surface area contributed by atoms with Crippen LogP contribution in [0.3, 0.4) is 0 Å². The fraction of sp³-hybridized carbons (Fsp3) is 0.700. The normalized spacial score (nSPS) is 13.6. The van der Waals surface area contributed by atoms with Crippen LogP contribution in [0.4, 0.5) is 0 Å². The van der Waals surface area contributed by atoms with Gasteiger partial charge in [-0.3, -0.25) is 0 Å². The van der Waals surface area contributed by atoms with Gasteiger partial charge in [0.25, 0.3) is 0 Å². The lowest BCUT2D eigenvalue weighted by Crippen LogP contribution is -2.15. The van der Waals surface area contributed by atoms with Gasteiger partial charge in [0.05, 0.1) is 12.0 Å². The van der Waals surface area contributed by atoms with Gasteiger partial charge in [0.2, 0.25) is 0 Å². The predicted molar refractivity (Wildman–Crippen MR) is 54.4 cm³/mol. The van der Waals surface area contributed by atoms with Crippen molar-refractivity contribution in [2.75, 3.05) is 0 Å². The van der Waals surface area contributed by atoms with Crippen LogP contribution >= 0.6 is 0 Å². The molecule has 2 N–H and O–H groups in total. The van der Waals surface area contributed by atoms with Gasteiger partial charge in [-0.05, 0) is 19.8 Å². The van der Waals surface area contributed by atoms with Gasteiger partial charge in [0.1, 0.15) is 0 Å². The van der Waals surface area contributed by atoms with Crippen molar-refractivity contribution in [3.05, 3.63) is 18.2 Å². The van der Waals surface area contributed by atoms with E-state index in [1.54, 1.807) is 0 Å². The quantitative estimate of drug-likeness (QED) is 0.774. The topological polar surface area (TPSA) is 43.8 Å². The van der Waals surface area contributed by atoms with Gasteiger partial charge < -0.3 is 10.3 Å². The molecule has 0 bridgehead atoms. The average molecular weight is 181 g/mol. The Kier molecular flexibility index (Phi) is 3.48. The molecular weight excluding hydrogens is 162 g/mol. The van der Waals surface area contributed by atoms with E-state index in [0.29, 0.717) is 6.04 Å². The Bertz CT molecular complexity index is 248. The highest BCUT2D eigenvalue weighted by Crippen LogP contribution is 2.20. The maximum Gasteiger partial charge on any atom is 0.0951 e. The summed E-state index contributed by atoms with van der Waals surface area (Å²) in [6, 6.07) is 0.617. The molecule has 0 radical (unpaired) electrons. The summed E-state index contributed by atoms with van der Waals surface area (Å²) in [5.41, 5.74) is 6.98. The molecule has 0 aliphatic carbocycles. The monoisotopic (exact) mass is 181 g/mol. The van der Waals surface area contributed by atoms with Crippen molar-refractivity contribution < 1.29 is 0 Å². The van der Waals surface area contributed by atoms with Crippen LogP contribution in [0.1, 0.15) is 51.4 Å². The molecule has 3 nitrogen and oxygen atoms in total. The molecule has 1 heterocycles. The standard InChI is InChI=1S/C10H19N3/c1-4-9(5-2)13-7-12-6-10(13)8(3)11/h6-9H,4-5,11H2,1-3H3. The molecule has 74 valence electrons. The molecule has 1 aromatic heterocycles. The van der Waals surface area contributed by atoms with E-state index in [1.807, 2.05) is 19.4 Å². The van der Waals surface area contributed by atoms with Crippen LogP contribution in [0, 0.1) is 0 Å². The van der Waals surface area contributed by atoms with Crippen molar-refractivity contribution in [2.45, 2.75) is 45.7 Å². The molecule has 0 saturated heterocycles. The van der Waals surface area contributed by atoms with Gasteiger partial charge >= 0.3 is 0 Å². The largest absolute Gasteiger partial charge is 0.330 e. The van der Waals surface area contributed by atoms with Crippen LogP contribution in [-0.4, -0.2) is 9.55 Å². The Balaban J connectivity index is 2.91. The number of aromatic nitrogens is 2. The molecule has 3 heteroatoms. The minimum Gasteiger partial charge on any atom is -0.330 e. The van der Waals surface area contributed by atoms with Gasteiger partial charge in [-0.15, -0.1) is 0 Å². The number of rotatable bonds is 4. The first kappa shape index (κ1) is 10.3. The van der Waals surface area contributed by atoms with Crippen molar-refractivity contribution >= 4 is 0 Å². The summed E-state index contributed by atoms with van der Waals surface area (Å²) >= 11 is 0. The molecule has 13 heavy (non-hydrogen) atoms. The summed E-state index contributed by atoms with van der Waals surface area (Å²) in [5, 5.41) is 0. The third kappa shape index (κ3) is 2.10. The van der Waals surface area contributed by atoms with Gasteiger partial charge in [-0.25, -0.2) is 4.98 Å². The lowest BCUT2D eigenvalue weighted by molar-refractivity contribution is 0.449. The zero-order chi connectivity index (χ0) is 9.84. The lowest BCUT2D eigenvalue weighted by atomic mass is 10.1. The van der Waals surface area contributed by atoms with Crippen LogP contribution in [0.25, 0.3) is 0 Å². The van der Waals surface area contributed by atoms with Crippen LogP contribution in [0.2, 0.25) is 0 Å². The third-order valence-corrected chi connectivity index (χ3v) is 2.50. The number of hydrogen-bond donors (Lipinski definition) is 1. The summed E-state index contributed by atoms with van der Waals surface area (Å²) < 4.78 is 2.20. The van der Waals surface area contributed by atoms with Gasteiger partial charge in [-0.1, -0.05) is 13.8 Å². The van der Waals surface area contributed by atoms with E-state index in [-0.39, 0.29) is 6.04 Å². The summed E-state index contributed by atoms with van der Waals surface area (Å²) in [6.07, 6.45) is 6.01. The Morgan fingerprint density at radius 2 is 2.08 bits per heavy atom. The summed E-state index contributed by atoms with van der Waals surface area (Å²) in [4.78, 5) is 4.14.